The molecule has 1 rings (SSSR count). The van der Waals surface area contributed by atoms with Crippen LogP contribution in [-0.4, -0.2) is 50.6 Å². The van der Waals surface area contributed by atoms with Gasteiger partial charge in [0.25, 0.3) is 0 Å². The zero-order valence-electron chi connectivity index (χ0n) is 11.0. The Labute approximate surface area is 98.8 Å². The second kappa shape index (κ2) is 5.64. The molecule has 0 saturated carbocycles. The SMILES string of the molecule is CC(CCN(C)C)NC(=O)C1(C)CCNC1. The van der Waals surface area contributed by atoms with Crippen LogP contribution in [0.1, 0.15) is 26.7 Å². The van der Waals surface area contributed by atoms with Crippen molar-refractivity contribution in [3.05, 3.63) is 0 Å². The molecule has 1 aliphatic heterocycles. The van der Waals surface area contributed by atoms with Crippen LogP contribution in [-0.2, 0) is 4.79 Å². The average molecular weight is 227 g/mol. The van der Waals surface area contributed by atoms with Gasteiger partial charge in [-0.05, 0) is 53.9 Å². The molecule has 1 saturated heterocycles. The fraction of sp³-hybridized carbons (Fsp3) is 0.917. The number of rotatable bonds is 5. The van der Waals surface area contributed by atoms with Crippen molar-refractivity contribution in [1.29, 1.82) is 0 Å². The van der Waals surface area contributed by atoms with E-state index in [-0.39, 0.29) is 17.4 Å². The molecule has 2 unspecified atom stereocenters. The molecule has 16 heavy (non-hydrogen) atoms. The number of hydrogen-bond donors (Lipinski definition) is 2. The van der Waals surface area contributed by atoms with Crippen molar-refractivity contribution in [2.24, 2.45) is 5.41 Å². The lowest BCUT2D eigenvalue weighted by Crippen LogP contribution is -2.44. The Bertz CT molecular complexity index is 234. The second-order valence-electron chi connectivity index (χ2n) is 5.45. The molecule has 4 heteroatoms. The number of amides is 1. The summed E-state index contributed by atoms with van der Waals surface area (Å²) in [6, 6.07) is 0.257. The summed E-state index contributed by atoms with van der Waals surface area (Å²) in [5.41, 5.74) is -0.202. The summed E-state index contributed by atoms with van der Waals surface area (Å²) < 4.78 is 0. The van der Waals surface area contributed by atoms with E-state index in [0.29, 0.717) is 0 Å². The fourth-order valence-corrected chi connectivity index (χ4v) is 1.93. The van der Waals surface area contributed by atoms with Crippen molar-refractivity contribution < 1.29 is 4.79 Å². The van der Waals surface area contributed by atoms with Crippen molar-refractivity contribution in [2.45, 2.75) is 32.7 Å². The normalized spacial score (nSPS) is 27.1. The molecule has 0 aromatic carbocycles. The van der Waals surface area contributed by atoms with Gasteiger partial charge in [0.15, 0.2) is 0 Å². The van der Waals surface area contributed by atoms with Crippen LogP contribution >= 0.6 is 0 Å². The highest BCUT2D eigenvalue weighted by molar-refractivity contribution is 5.83. The molecule has 2 N–H and O–H groups in total. The smallest absolute Gasteiger partial charge is 0.227 e. The van der Waals surface area contributed by atoms with E-state index in [9.17, 15) is 4.79 Å². The lowest BCUT2D eigenvalue weighted by Gasteiger charge is -2.25. The summed E-state index contributed by atoms with van der Waals surface area (Å²) >= 11 is 0. The van der Waals surface area contributed by atoms with Crippen LogP contribution in [0.15, 0.2) is 0 Å². The molecule has 2 atom stereocenters. The third-order valence-electron chi connectivity index (χ3n) is 3.30. The largest absolute Gasteiger partial charge is 0.353 e. The molecule has 1 fully saturated rings. The minimum absolute atomic E-state index is 0.198. The maximum Gasteiger partial charge on any atom is 0.227 e. The summed E-state index contributed by atoms with van der Waals surface area (Å²) in [7, 11) is 4.10. The molecule has 4 nitrogen and oxygen atoms in total. The van der Waals surface area contributed by atoms with E-state index in [1.54, 1.807) is 0 Å². The van der Waals surface area contributed by atoms with Crippen LogP contribution in [0, 0.1) is 5.41 Å². The van der Waals surface area contributed by atoms with Crippen molar-refractivity contribution in [3.63, 3.8) is 0 Å². The molecule has 1 heterocycles. The minimum atomic E-state index is -0.202. The first kappa shape index (κ1) is 13.5. The number of nitrogens with zero attached hydrogens (tertiary/aromatic N) is 1. The average Bonchev–Trinajstić information content (AvgIpc) is 2.63. The van der Waals surface area contributed by atoms with E-state index in [0.717, 1.165) is 32.5 Å². The van der Waals surface area contributed by atoms with E-state index in [1.807, 2.05) is 6.92 Å². The van der Waals surface area contributed by atoms with Gasteiger partial charge in [0.1, 0.15) is 0 Å². The zero-order chi connectivity index (χ0) is 12.2. The monoisotopic (exact) mass is 227 g/mol. The quantitative estimate of drug-likeness (QED) is 0.716. The van der Waals surface area contributed by atoms with Crippen molar-refractivity contribution in [3.8, 4) is 0 Å². The first-order chi connectivity index (χ1) is 7.44. The predicted molar refractivity (Wildman–Crippen MR) is 66.4 cm³/mol. The predicted octanol–water partition coefficient (Wildman–Crippen LogP) is 0.442. The summed E-state index contributed by atoms with van der Waals surface area (Å²) in [4.78, 5) is 14.2. The van der Waals surface area contributed by atoms with Gasteiger partial charge in [-0.25, -0.2) is 0 Å². The van der Waals surface area contributed by atoms with Crippen LogP contribution in [0.2, 0.25) is 0 Å². The standard InChI is InChI=1S/C12H25N3O/c1-10(5-8-15(3)4)14-11(16)12(2)6-7-13-9-12/h10,13H,5-9H2,1-4H3,(H,14,16). The van der Waals surface area contributed by atoms with Crippen LogP contribution < -0.4 is 10.6 Å². The molecule has 0 aromatic rings. The summed E-state index contributed by atoms with van der Waals surface area (Å²) in [6.45, 7) is 6.89. The fourth-order valence-electron chi connectivity index (χ4n) is 1.93. The van der Waals surface area contributed by atoms with Gasteiger partial charge in [-0.1, -0.05) is 0 Å². The van der Waals surface area contributed by atoms with Gasteiger partial charge in [-0.3, -0.25) is 4.79 Å². The first-order valence-electron chi connectivity index (χ1n) is 6.10. The van der Waals surface area contributed by atoms with E-state index in [2.05, 4.69) is 36.6 Å². The maximum absolute atomic E-state index is 12.1. The summed E-state index contributed by atoms with van der Waals surface area (Å²) in [6.07, 6.45) is 1.95. The van der Waals surface area contributed by atoms with Gasteiger partial charge in [-0.2, -0.15) is 0 Å². The molecule has 0 bridgehead atoms. The Morgan fingerprint density at radius 3 is 2.75 bits per heavy atom. The number of carbonyl (C=O) groups excluding carboxylic acids is 1. The van der Waals surface area contributed by atoms with Gasteiger partial charge in [0.05, 0.1) is 5.41 Å². The third kappa shape index (κ3) is 3.76. The highest BCUT2D eigenvalue weighted by atomic mass is 16.2. The van der Waals surface area contributed by atoms with E-state index >= 15 is 0 Å². The van der Waals surface area contributed by atoms with Crippen LogP contribution in [0.4, 0.5) is 0 Å². The van der Waals surface area contributed by atoms with Gasteiger partial charge >= 0.3 is 0 Å². The minimum Gasteiger partial charge on any atom is -0.353 e. The summed E-state index contributed by atoms with van der Waals surface area (Å²) in [5.74, 6) is 0.198. The highest BCUT2D eigenvalue weighted by Crippen LogP contribution is 2.24. The van der Waals surface area contributed by atoms with E-state index in [4.69, 9.17) is 0 Å². The molecule has 1 aliphatic rings. The van der Waals surface area contributed by atoms with E-state index in [1.165, 1.54) is 0 Å². The Balaban J connectivity index is 2.33. The first-order valence-corrected chi connectivity index (χ1v) is 6.10. The zero-order valence-corrected chi connectivity index (χ0v) is 11.0. The van der Waals surface area contributed by atoms with Crippen molar-refractivity contribution in [2.75, 3.05) is 33.7 Å². The molecular weight excluding hydrogens is 202 g/mol. The molecule has 0 aliphatic carbocycles. The van der Waals surface area contributed by atoms with Gasteiger partial charge < -0.3 is 15.5 Å². The van der Waals surface area contributed by atoms with Gasteiger partial charge in [0.2, 0.25) is 5.91 Å². The lowest BCUT2D eigenvalue weighted by molar-refractivity contribution is -0.129. The molecule has 0 spiro atoms. The van der Waals surface area contributed by atoms with E-state index < -0.39 is 0 Å². The van der Waals surface area contributed by atoms with Crippen LogP contribution in [0.3, 0.4) is 0 Å². The van der Waals surface area contributed by atoms with Crippen LogP contribution in [0.25, 0.3) is 0 Å². The Hall–Kier alpha value is -0.610. The number of carbonyl (C=O) groups is 1. The van der Waals surface area contributed by atoms with Crippen LogP contribution in [0.5, 0.6) is 0 Å². The van der Waals surface area contributed by atoms with Gasteiger partial charge in [-0.15, -0.1) is 0 Å². The maximum atomic E-state index is 12.1. The third-order valence-corrected chi connectivity index (χ3v) is 3.30. The van der Waals surface area contributed by atoms with Crippen molar-refractivity contribution in [1.82, 2.24) is 15.5 Å². The Morgan fingerprint density at radius 2 is 2.25 bits per heavy atom. The molecule has 94 valence electrons. The summed E-state index contributed by atoms with van der Waals surface area (Å²) in [5, 5.41) is 6.36. The van der Waals surface area contributed by atoms with Crippen molar-refractivity contribution >= 4 is 5.91 Å². The highest BCUT2D eigenvalue weighted by Gasteiger charge is 2.36. The molecule has 1 amide bonds. The lowest BCUT2D eigenvalue weighted by atomic mass is 9.88. The molecular formula is C12H25N3O. The number of nitrogens with one attached hydrogen (secondary N) is 2. The Kier molecular flexibility index (Phi) is 4.74. The Morgan fingerprint density at radius 1 is 1.56 bits per heavy atom. The topological polar surface area (TPSA) is 44.4 Å². The van der Waals surface area contributed by atoms with Gasteiger partial charge in [0, 0.05) is 12.6 Å². The molecule has 0 radical (unpaired) electrons. The number of hydrogen-bond acceptors (Lipinski definition) is 3. The molecule has 0 aromatic heterocycles. The second-order valence-corrected chi connectivity index (χ2v) is 5.45.